The van der Waals surface area contributed by atoms with Crippen LogP contribution < -0.4 is 10.0 Å². The second-order valence-electron chi connectivity index (χ2n) is 4.43. The van der Waals surface area contributed by atoms with Gasteiger partial charge in [0.05, 0.1) is 10.8 Å². The van der Waals surface area contributed by atoms with Crippen molar-refractivity contribution in [2.24, 2.45) is 5.92 Å². The molecule has 1 saturated heterocycles. The van der Waals surface area contributed by atoms with Gasteiger partial charge in [-0.05, 0) is 44.0 Å². The van der Waals surface area contributed by atoms with Crippen LogP contribution in [0.1, 0.15) is 12.8 Å². The van der Waals surface area contributed by atoms with Crippen LogP contribution in [-0.4, -0.2) is 32.2 Å². The maximum Gasteiger partial charge on any atom is 0.234 e. The lowest BCUT2D eigenvalue weighted by atomic mass is 10.0. The predicted octanol–water partition coefficient (Wildman–Crippen LogP) is 1.48. The number of nitrogens with one attached hydrogen (secondary N) is 2. The SMILES string of the molecule is O=S(=O)(CC1CCCNC1)Nc1ncccc1Cl. The molecule has 0 aromatic carbocycles. The van der Waals surface area contributed by atoms with E-state index in [1.54, 1.807) is 12.1 Å². The first-order chi connectivity index (χ1) is 8.57. The second kappa shape index (κ2) is 5.86. The van der Waals surface area contributed by atoms with E-state index < -0.39 is 10.0 Å². The highest BCUT2D eigenvalue weighted by molar-refractivity contribution is 7.92. The van der Waals surface area contributed by atoms with Crippen molar-refractivity contribution in [2.45, 2.75) is 12.8 Å². The molecule has 0 amide bonds. The van der Waals surface area contributed by atoms with Gasteiger partial charge in [-0.15, -0.1) is 0 Å². The molecule has 0 saturated carbocycles. The van der Waals surface area contributed by atoms with Gasteiger partial charge in [-0.1, -0.05) is 11.6 Å². The molecule has 1 aliphatic heterocycles. The summed E-state index contributed by atoms with van der Waals surface area (Å²) in [6.07, 6.45) is 3.46. The Hall–Kier alpha value is -0.850. The molecular weight excluding hydrogens is 274 g/mol. The molecule has 0 aliphatic carbocycles. The fourth-order valence-electron chi connectivity index (χ4n) is 2.03. The molecule has 0 radical (unpaired) electrons. The molecule has 5 nitrogen and oxygen atoms in total. The van der Waals surface area contributed by atoms with Crippen molar-refractivity contribution < 1.29 is 8.42 Å². The van der Waals surface area contributed by atoms with E-state index in [1.165, 1.54) is 6.20 Å². The average molecular weight is 290 g/mol. The van der Waals surface area contributed by atoms with Crippen LogP contribution in [0.15, 0.2) is 18.3 Å². The molecule has 0 bridgehead atoms. The van der Waals surface area contributed by atoms with Crippen LogP contribution in [0.5, 0.6) is 0 Å². The molecule has 1 unspecified atom stereocenters. The Bertz CT molecular complexity index is 501. The normalized spacial score (nSPS) is 20.6. The first kappa shape index (κ1) is 13.6. The Morgan fingerprint density at radius 1 is 1.56 bits per heavy atom. The molecule has 18 heavy (non-hydrogen) atoms. The van der Waals surface area contributed by atoms with Gasteiger partial charge in [0.25, 0.3) is 0 Å². The van der Waals surface area contributed by atoms with Gasteiger partial charge in [0.2, 0.25) is 10.0 Å². The maximum atomic E-state index is 12.0. The van der Waals surface area contributed by atoms with E-state index in [4.69, 9.17) is 11.6 Å². The van der Waals surface area contributed by atoms with E-state index in [-0.39, 0.29) is 17.5 Å². The predicted molar refractivity (Wildman–Crippen MR) is 72.3 cm³/mol. The summed E-state index contributed by atoms with van der Waals surface area (Å²) in [7, 11) is -3.39. The van der Waals surface area contributed by atoms with Crippen LogP contribution in [0.25, 0.3) is 0 Å². The Balaban J connectivity index is 2.01. The van der Waals surface area contributed by atoms with Crippen LogP contribution in [0, 0.1) is 5.92 Å². The highest BCUT2D eigenvalue weighted by Crippen LogP contribution is 2.20. The third kappa shape index (κ3) is 3.83. The molecule has 7 heteroatoms. The number of aromatic nitrogens is 1. The van der Waals surface area contributed by atoms with Crippen molar-refractivity contribution in [3.8, 4) is 0 Å². The van der Waals surface area contributed by atoms with Gasteiger partial charge in [-0.25, -0.2) is 13.4 Å². The Kier molecular flexibility index (Phi) is 4.42. The molecule has 1 atom stereocenters. The summed E-state index contributed by atoms with van der Waals surface area (Å²) < 4.78 is 26.4. The lowest BCUT2D eigenvalue weighted by Crippen LogP contribution is -2.35. The van der Waals surface area contributed by atoms with Gasteiger partial charge < -0.3 is 5.32 Å². The maximum absolute atomic E-state index is 12.0. The average Bonchev–Trinajstić information content (AvgIpc) is 2.32. The summed E-state index contributed by atoms with van der Waals surface area (Å²) in [5, 5.41) is 3.51. The van der Waals surface area contributed by atoms with Crippen molar-refractivity contribution in [1.29, 1.82) is 0 Å². The monoisotopic (exact) mass is 289 g/mol. The fraction of sp³-hybridized carbons (Fsp3) is 0.545. The Morgan fingerprint density at radius 2 is 2.39 bits per heavy atom. The summed E-state index contributed by atoms with van der Waals surface area (Å²) in [5.74, 6) is 0.453. The van der Waals surface area contributed by atoms with E-state index in [0.29, 0.717) is 5.02 Å². The molecule has 2 rings (SSSR count). The van der Waals surface area contributed by atoms with Crippen molar-refractivity contribution in [3.05, 3.63) is 23.4 Å². The summed E-state index contributed by atoms with van der Waals surface area (Å²) in [6, 6.07) is 3.26. The minimum Gasteiger partial charge on any atom is -0.316 e. The van der Waals surface area contributed by atoms with Crippen molar-refractivity contribution >= 4 is 27.4 Å². The largest absolute Gasteiger partial charge is 0.316 e. The van der Waals surface area contributed by atoms with Crippen molar-refractivity contribution in [1.82, 2.24) is 10.3 Å². The zero-order valence-corrected chi connectivity index (χ0v) is 11.5. The third-order valence-electron chi connectivity index (χ3n) is 2.86. The van der Waals surface area contributed by atoms with E-state index in [2.05, 4.69) is 15.0 Å². The lowest BCUT2D eigenvalue weighted by molar-refractivity contribution is 0.404. The van der Waals surface area contributed by atoms with Gasteiger partial charge in [0.15, 0.2) is 5.82 Å². The topological polar surface area (TPSA) is 71.1 Å². The van der Waals surface area contributed by atoms with Crippen LogP contribution >= 0.6 is 11.6 Å². The van der Waals surface area contributed by atoms with Gasteiger partial charge in [-0.3, -0.25) is 4.72 Å². The van der Waals surface area contributed by atoms with Crippen molar-refractivity contribution in [3.63, 3.8) is 0 Å². The molecule has 1 aliphatic rings. The van der Waals surface area contributed by atoms with E-state index in [1.807, 2.05) is 0 Å². The Morgan fingerprint density at radius 3 is 3.06 bits per heavy atom. The fourth-order valence-corrected chi connectivity index (χ4v) is 3.70. The number of pyridine rings is 1. The van der Waals surface area contributed by atoms with Gasteiger partial charge in [-0.2, -0.15) is 0 Å². The Labute approximate surface area is 112 Å². The van der Waals surface area contributed by atoms with Gasteiger partial charge in [0.1, 0.15) is 0 Å². The smallest absolute Gasteiger partial charge is 0.234 e. The standard InChI is InChI=1S/C11H16ClN3O2S/c12-10-4-2-6-14-11(10)15-18(16,17)8-9-3-1-5-13-7-9/h2,4,6,9,13H,1,3,5,7-8H2,(H,14,15). The molecular formula is C11H16ClN3O2S. The number of halogens is 1. The quantitative estimate of drug-likeness (QED) is 0.881. The number of anilines is 1. The highest BCUT2D eigenvalue weighted by atomic mass is 35.5. The summed E-state index contributed by atoms with van der Waals surface area (Å²) >= 11 is 5.87. The van der Waals surface area contributed by atoms with Crippen molar-refractivity contribution in [2.75, 3.05) is 23.6 Å². The number of sulfonamides is 1. The molecule has 0 spiro atoms. The van der Waals surface area contributed by atoms with Gasteiger partial charge >= 0.3 is 0 Å². The number of rotatable bonds is 4. The first-order valence-corrected chi connectivity index (χ1v) is 7.91. The van der Waals surface area contributed by atoms with Crippen LogP contribution in [0.3, 0.4) is 0 Å². The number of hydrogen-bond acceptors (Lipinski definition) is 4. The molecule has 100 valence electrons. The summed E-state index contributed by atoms with van der Waals surface area (Å²) in [5.41, 5.74) is 0. The molecule has 2 N–H and O–H groups in total. The molecule has 2 heterocycles. The minimum absolute atomic E-state index is 0.104. The van der Waals surface area contributed by atoms with E-state index in [0.717, 1.165) is 25.9 Å². The van der Waals surface area contributed by atoms with E-state index >= 15 is 0 Å². The highest BCUT2D eigenvalue weighted by Gasteiger charge is 2.22. The number of piperidine rings is 1. The molecule has 1 aromatic heterocycles. The third-order valence-corrected chi connectivity index (χ3v) is 4.58. The minimum atomic E-state index is -3.39. The molecule has 1 fully saturated rings. The van der Waals surface area contributed by atoms with E-state index in [9.17, 15) is 8.42 Å². The summed E-state index contributed by atoms with van der Waals surface area (Å²) in [6.45, 7) is 1.72. The number of nitrogens with zero attached hydrogens (tertiary/aromatic N) is 1. The first-order valence-electron chi connectivity index (χ1n) is 5.88. The van der Waals surface area contributed by atoms with Crippen LogP contribution in [-0.2, 0) is 10.0 Å². The van der Waals surface area contributed by atoms with Gasteiger partial charge in [0, 0.05) is 6.20 Å². The summed E-state index contributed by atoms with van der Waals surface area (Å²) in [4.78, 5) is 3.92. The van der Waals surface area contributed by atoms with Crippen LogP contribution in [0.4, 0.5) is 5.82 Å². The second-order valence-corrected chi connectivity index (χ2v) is 6.60. The number of hydrogen-bond donors (Lipinski definition) is 2. The molecule has 1 aromatic rings. The zero-order chi connectivity index (χ0) is 13.0. The van der Waals surface area contributed by atoms with Crippen LogP contribution in [0.2, 0.25) is 5.02 Å². The lowest BCUT2D eigenvalue weighted by Gasteiger charge is -2.22. The zero-order valence-electron chi connectivity index (χ0n) is 9.89.